The van der Waals surface area contributed by atoms with Crippen LogP contribution in [0.25, 0.3) is 0 Å². The van der Waals surface area contributed by atoms with E-state index in [0.717, 1.165) is 55.8 Å². The summed E-state index contributed by atoms with van der Waals surface area (Å²) >= 11 is 0. The predicted octanol–water partition coefficient (Wildman–Crippen LogP) is 5.73. The Kier molecular flexibility index (Phi) is 10.7. The number of benzene rings is 2. The first kappa shape index (κ1) is 30.5. The number of likely N-dealkylation sites (N-methyl/N-ethyl adjacent to an activating group) is 1. The maximum atomic E-state index is 14.0. The van der Waals surface area contributed by atoms with Gasteiger partial charge in [0.1, 0.15) is 12.4 Å². The number of rotatable bonds is 13. The Morgan fingerprint density at radius 3 is 2.29 bits per heavy atom. The molecule has 3 rings (SSSR count). The van der Waals surface area contributed by atoms with E-state index in [9.17, 15) is 13.5 Å². The molecule has 0 radical (unpaired) electrons. The van der Waals surface area contributed by atoms with E-state index in [-0.39, 0.29) is 5.75 Å². The van der Waals surface area contributed by atoms with Gasteiger partial charge in [-0.05, 0) is 67.9 Å². The largest absolute Gasteiger partial charge is 0.492 e. The molecule has 1 aliphatic heterocycles. The highest BCUT2D eigenvalue weighted by Gasteiger charge is 2.49. The van der Waals surface area contributed by atoms with Crippen molar-refractivity contribution in [2.45, 2.75) is 76.2 Å². The van der Waals surface area contributed by atoms with E-state index in [4.69, 9.17) is 4.74 Å². The summed E-state index contributed by atoms with van der Waals surface area (Å²) in [4.78, 5) is 4.52. The van der Waals surface area contributed by atoms with Crippen LogP contribution in [0.5, 0.6) is 5.75 Å². The van der Waals surface area contributed by atoms with Crippen LogP contribution in [-0.2, 0) is 9.84 Å². The van der Waals surface area contributed by atoms with E-state index in [1.165, 1.54) is 0 Å². The maximum Gasteiger partial charge on any atom is 0.179 e. The summed E-state index contributed by atoms with van der Waals surface area (Å²) in [5.41, 5.74) is 1.78. The molecule has 0 aliphatic carbocycles. The van der Waals surface area contributed by atoms with Gasteiger partial charge >= 0.3 is 0 Å². The Hall–Kier alpha value is -2.09. The molecule has 0 saturated heterocycles. The van der Waals surface area contributed by atoms with Crippen molar-refractivity contribution < 1.29 is 18.3 Å². The van der Waals surface area contributed by atoms with Gasteiger partial charge in [-0.2, -0.15) is 0 Å². The van der Waals surface area contributed by atoms with Crippen molar-refractivity contribution in [3.05, 3.63) is 53.6 Å². The van der Waals surface area contributed by atoms with Gasteiger partial charge in [0.05, 0.1) is 16.8 Å². The molecule has 0 saturated carbocycles. The Morgan fingerprint density at radius 2 is 1.68 bits per heavy atom. The Balaban J connectivity index is 2.18. The number of aliphatic hydroxyl groups is 1. The lowest BCUT2D eigenvalue weighted by Gasteiger charge is -2.40. The summed E-state index contributed by atoms with van der Waals surface area (Å²) in [5.74, 6) is 0.244. The van der Waals surface area contributed by atoms with Gasteiger partial charge in [-0.15, -0.1) is 0 Å². The summed E-state index contributed by atoms with van der Waals surface area (Å²) in [7, 11) is 2.35. The Morgan fingerprint density at radius 1 is 1.00 bits per heavy atom. The molecule has 212 valence electrons. The van der Waals surface area contributed by atoms with E-state index in [2.05, 4.69) is 32.7 Å². The lowest BCUT2D eigenvalue weighted by molar-refractivity contribution is 0.0126. The van der Waals surface area contributed by atoms with Crippen LogP contribution in [0.15, 0.2) is 47.4 Å². The van der Waals surface area contributed by atoms with Crippen molar-refractivity contribution in [1.29, 1.82) is 0 Å². The molecule has 0 spiro atoms. The standard InChI is InChI=1S/C31H48N2O4S/c1-7-10-17-31(18-11-8-2)23-38(35,36)28-16-15-25(32(4)5)22-27(28)29(30(31)34)24-13-12-14-26(21-24)37-20-19-33(6)9-3/h12-16,21-22,29-30,34H,7-11,17-20,23H2,1-6H3/t29-,30?/m1/s1. The minimum Gasteiger partial charge on any atom is -0.492 e. The van der Waals surface area contributed by atoms with E-state index >= 15 is 0 Å². The summed E-state index contributed by atoms with van der Waals surface area (Å²) < 4.78 is 34.1. The molecule has 0 fully saturated rings. The summed E-state index contributed by atoms with van der Waals surface area (Å²) in [6, 6.07) is 13.5. The highest BCUT2D eigenvalue weighted by molar-refractivity contribution is 7.91. The number of fused-ring (bicyclic) bond motifs is 1. The molecule has 0 aromatic heterocycles. The van der Waals surface area contributed by atoms with Crippen molar-refractivity contribution >= 4 is 15.5 Å². The SMILES string of the molecule is CCCCC1(CCCC)CS(=O)(=O)c2ccc(N(C)C)cc2[C@@H](c2cccc(OCCN(C)CC)c2)C1O. The normalized spacial score (nSPS) is 20.1. The topological polar surface area (TPSA) is 70.1 Å². The van der Waals surface area contributed by atoms with E-state index in [1.54, 1.807) is 6.07 Å². The Labute approximate surface area is 230 Å². The number of ether oxygens (including phenoxy) is 1. The number of aliphatic hydroxyl groups excluding tert-OH is 1. The van der Waals surface area contributed by atoms with Gasteiger partial charge < -0.3 is 19.6 Å². The number of hydrogen-bond acceptors (Lipinski definition) is 6. The highest BCUT2D eigenvalue weighted by Crippen LogP contribution is 2.50. The number of hydrogen-bond donors (Lipinski definition) is 1. The molecule has 1 N–H and O–H groups in total. The zero-order chi connectivity index (χ0) is 27.9. The quantitative estimate of drug-likeness (QED) is 0.347. The van der Waals surface area contributed by atoms with Crippen molar-refractivity contribution in [3.63, 3.8) is 0 Å². The molecule has 7 heteroatoms. The third kappa shape index (κ3) is 6.91. The average molecular weight is 545 g/mol. The fourth-order valence-corrected chi connectivity index (χ4v) is 7.86. The van der Waals surface area contributed by atoms with Gasteiger partial charge in [-0.1, -0.05) is 58.6 Å². The molecular weight excluding hydrogens is 496 g/mol. The molecular formula is C31H48N2O4S. The van der Waals surface area contributed by atoms with Crippen LogP contribution in [0.2, 0.25) is 0 Å². The van der Waals surface area contributed by atoms with Crippen molar-refractivity contribution in [1.82, 2.24) is 4.90 Å². The molecule has 1 aliphatic rings. The van der Waals surface area contributed by atoms with Gasteiger partial charge in [0.25, 0.3) is 0 Å². The molecule has 0 amide bonds. The van der Waals surface area contributed by atoms with Gasteiger partial charge in [0.2, 0.25) is 0 Å². The monoisotopic (exact) mass is 544 g/mol. The van der Waals surface area contributed by atoms with Crippen molar-refractivity contribution in [2.75, 3.05) is 51.5 Å². The lowest BCUT2D eigenvalue weighted by Crippen LogP contribution is -2.43. The smallest absolute Gasteiger partial charge is 0.179 e. The zero-order valence-corrected chi connectivity index (χ0v) is 25.1. The molecule has 1 heterocycles. The second-order valence-electron chi connectivity index (χ2n) is 11.2. The second kappa shape index (κ2) is 13.3. The minimum absolute atomic E-state index is 0.0223. The van der Waals surface area contributed by atoms with Crippen molar-refractivity contribution in [2.24, 2.45) is 5.41 Å². The van der Waals surface area contributed by atoms with Crippen molar-refractivity contribution in [3.8, 4) is 5.75 Å². The van der Waals surface area contributed by atoms with Crippen LogP contribution < -0.4 is 9.64 Å². The molecule has 38 heavy (non-hydrogen) atoms. The summed E-state index contributed by atoms with van der Waals surface area (Å²) in [6.45, 7) is 8.69. The number of nitrogens with zero attached hydrogens (tertiary/aromatic N) is 2. The molecule has 2 atom stereocenters. The molecule has 6 nitrogen and oxygen atoms in total. The molecule has 2 aromatic carbocycles. The van der Waals surface area contributed by atoms with Crippen LogP contribution >= 0.6 is 0 Å². The average Bonchev–Trinajstić information content (AvgIpc) is 2.96. The molecule has 1 unspecified atom stereocenters. The van der Waals surface area contributed by atoms with E-state index in [1.807, 2.05) is 55.4 Å². The highest BCUT2D eigenvalue weighted by atomic mass is 32.2. The van der Waals surface area contributed by atoms with Crippen LogP contribution in [0.1, 0.15) is 76.3 Å². The third-order valence-corrected chi connectivity index (χ3v) is 10.2. The van der Waals surface area contributed by atoms with Crippen LogP contribution in [0.4, 0.5) is 5.69 Å². The number of sulfone groups is 1. The number of unbranched alkanes of at least 4 members (excludes halogenated alkanes) is 2. The predicted molar refractivity (Wildman–Crippen MR) is 157 cm³/mol. The maximum absolute atomic E-state index is 14.0. The molecule has 2 aromatic rings. The summed E-state index contributed by atoms with van der Waals surface area (Å²) in [6.07, 6.45) is 4.22. The van der Waals surface area contributed by atoms with Gasteiger partial charge in [0.15, 0.2) is 9.84 Å². The fraction of sp³-hybridized carbons (Fsp3) is 0.613. The van der Waals surface area contributed by atoms with E-state index in [0.29, 0.717) is 29.9 Å². The van der Waals surface area contributed by atoms with Gasteiger partial charge in [-0.25, -0.2) is 8.42 Å². The first-order valence-corrected chi connectivity index (χ1v) is 15.9. The minimum atomic E-state index is -3.62. The first-order valence-electron chi connectivity index (χ1n) is 14.2. The fourth-order valence-electron chi connectivity index (χ4n) is 5.67. The second-order valence-corrected chi connectivity index (χ2v) is 13.1. The van der Waals surface area contributed by atoms with E-state index < -0.39 is 27.3 Å². The zero-order valence-electron chi connectivity index (χ0n) is 24.2. The van der Waals surface area contributed by atoms with Crippen LogP contribution in [0.3, 0.4) is 0 Å². The number of anilines is 1. The summed E-state index contributed by atoms with van der Waals surface area (Å²) in [5, 5.41) is 12.3. The Bertz CT molecular complexity index is 1140. The van der Waals surface area contributed by atoms with Crippen LogP contribution in [-0.4, -0.2) is 71.1 Å². The third-order valence-electron chi connectivity index (χ3n) is 8.16. The first-order chi connectivity index (χ1) is 18.1. The lowest BCUT2D eigenvalue weighted by atomic mass is 9.68. The molecule has 0 bridgehead atoms. The van der Waals surface area contributed by atoms with Gasteiger partial charge in [-0.3, -0.25) is 0 Å². The van der Waals surface area contributed by atoms with Gasteiger partial charge in [0, 0.05) is 37.7 Å². The van der Waals surface area contributed by atoms with Crippen LogP contribution in [0, 0.1) is 5.41 Å².